The molecule has 2 fully saturated rings. The molecule has 24 heavy (non-hydrogen) atoms. The SMILES string of the molecule is Cc1oc(-c2ccccc2)nc1CN1CCCCC1C1OCCO1. The van der Waals surface area contributed by atoms with Gasteiger partial charge < -0.3 is 13.9 Å². The summed E-state index contributed by atoms with van der Waals surface area (Å²) >= 11 is 0. The van der Waals surface area contributed by atoms with E-state index in [1.807, 2.05) is 37.3 Å². The lowest BCUT2D eigenvalue weighted by molar-refractivity contribution is -0.111. The van der Waals surface area contributed by atoms with Crippen LogP contribution >= 0.6 is 0 Å². The number of aryl methyl sites for hydroxylation is 1. The second kappa shape index (κ2) is 7.05. The first-order valence-electron chi connectivity index (χ1n) is 8.80. The molecule has 5 nitrogen and oxygen atoms in total. The number of rotatable bonds is 4. The molecule has 1 aromatic heterocycles. The van der Waals surface area contributed by atoms with Crippen molar-refractivity contribution in [2.75, 3.05) is 19.8 Å². The lowest BCUT2D eigenvalue weighted by Crippen LogP contribution is -2.46. The third-order valence-electron chi connectivity index (χ3n) is 4.89. The fourth-order valence-corrected chi connectivity index (χ4v) is 3.59. The summed E-state index contributed by atoms with van der Waals surface area (Å²) in [5.74, 6) is 1.59. The van der Waals surface area contributed by atoms with Crippen molar-refractivity contribution < 1.29 is 13.9 Å². The van der Waals surface area contributed by atoms with Gasteiger partial charge in [-0.2, -0.15) is 0 Å². The van der Waals surface area contributed by atoms with Gasteiger partial charge in [-0.05, 0) is 38.4 Å². The van der Waals surface area contributed by atoms with Gasteiger partial charge in [-0.1, -0.05) is 24.6 Å². The van der Waals surface area contributed by atoms with Crippen LogP contribution in [0.3, 0.4) is 0 Å². The Balaban J connectivity index is 1.52. The van der Waals surface area contributed by atoms with Crippen molar-refractivity contribution in [3.63, 3.8) is 0 Å². The van der Waals surface area contributed by atoms with Crippen molar-refractivity contribution in [1.82, 2.24) is 9.88 Å². The molecule has 2 saturated heterocycles. The van der Waals surface area contributed by atoms with Crippen molar-refractivity contribution in [3.8, 4) is 11.5 Å². The minimum atomic E-state index is -0.0916. The van der Waals surface area contributed by atoms with Crippen molar-refractivity contribution in [1.29, 1.82) is 0 Å². The molecule has 0 radical (unpaired) electrons. The molecule has 1 unspecified atom stereocenters. The molecule has 2 aliphatic rings. The maximum absolute atomic E-state index is 5.90. The first-order valence-corrected chi connectivity index (χ1v) is 8.80. The number of benzene rings is 1. The van der Waals surface area contributed by atoms with E-state index in [1.54, 1.807) is 0 Å². The van der Waals surface area contributed by atoms with Crippen LogP contribution in [0.1, 0.15) is 30.7 Å². The van der Waals surface area contributed by atoms with E-state index in [9.17, 15) is 0 Å². The van der Waals surface area contributed by atoms with Crippen LogP contribution in [0.2, 0.25) is 0 Å². The van der Waals surface area contributed by atoms with E-state index in [0.29, 0.717) is 25.1 Å². The molecule has 1 aromatic carbocycles. The first-order chi connectivity index (χ1) is 11.8. The van der Waals surface area contributed by atoms with Gasteiger partial charge in [0.2, 0.25) is 5.89 Å². The van der Waals surface area contributed by atoms with E-state index in [0.717, 1.165) is 36.5 Å². The summed E-state index contributed by atoms with van der Waals surface area (Å²) < 4.78 is 17.4. The van der Waals surface area contributed by atoms with Gasteiger partial charge in [-0.15, -0.1) is 0 Å². The molecule has 0 aliphatic carbocycles. The van der Waals surface area contributed by atoms with Crippen molar-refractivity contribution in [2.24, 2.45) is 0 Å². The fourth-order valence-electron chi connectivity index (χ4n) is 3.59. The van der Waals surface area contributed by atoms with Gasteiger partial charge in [0.25, 0.3) is 0 Å². The molecular weight excluding hydrogens is 304 g/mol. The van der Waals surface area contributed by atoms with Crippen LogP contribution in [0.15, 0.2) is 34.7 Å². The molecule has 2 aromatic rings. The number of piperidine rings is 1. The highest BCUT2D eigenvalue weighted by atomic mass is 16.7. The molecule has 3 heterocycles. The molecule has 0 spiro atoms. The zero-order valence-corrected chi connectivity index (χ0v) is 14.1. The zero-order chi connectivity index (χ0) is 16.4. The smallest absolute Gasteiger partial charge is 0.226 e. The predicted octanol–water partition coefficient (Wildman–Crippen LogP) is 3.38. The monoisotopic (exact) mass is 328 g/mol. The molecule has 0 N–H and O–H groups in total. The van der Waals surface area contributed by atoms with Gasteiger partial charge in [0.15, 0.2) is 6.29 Å². The number of hydrogen-bond donors (Lipinski definition) is 0. The van der Waals surface area contributed by atoms with E-state index < -0.39 is 0 Å². The second-order valence-electron chi connectivity index (χ2n) is 6.53. The number of aromatic nitrogens is 1. The van der Waals surface area contributed by atoms with Crippen molar-refractivity contribution >= 4 is 0 Å². The van der Waals surface area contributed by atoms with E-state index in [-0.39, 0.29) is 6.29 Å². The Morgan fingerprint density at radius 2 is 1.92 bits per heavy atom. The number of nitrogens with zero attached hydrogens (tertiary/aromatic N) is 2. The van der Waals surface area contributed by atoms with Gasteiger partial charge in [-0.25, -0.2) is 4.98 Å². The highest BCUT2D eigenvalue weighted by molar-refractivity contribution is 5.53. The van der Waals surface area contributed by atoms with Gasteiger partial charge in [0, 0.05) is 12.1 Å². The lowest BCUT2D eigenvalue weighted by Gasteiger charge is -2.37. The molecule has 128 valence electrons. The molecular formula is C19H24N2O3. The van der Waals surface area contributed by atoms with E-state index in [2.05, 4.69) is 4.90 Å². The van der Waals surface area contributed by atoms with Crippen molar-refractivity contribution in [2.45, 2.75) is 45.1 Å². The molecule has 0 saturated carbocycles. The summed E-state index contributed by atoms with van der Waals surface area (Å²) in [5, 5.41) is 0. The van der Waals surface area contributed by atoms with Crippen LogP contribution in [-0.2, 0) is 16.0 Å². The average molecular weight is 328 g/mol. The summed E-state index contributed by atoms with van der Waals surface area (Å²) in [6.45, 7) is 5.25. The average Bonchev–Trinajstić information content (AvgIpc) is 3.27. The molecule has 4 rings (SSSR count). The van der Waals surface area contributed by atoms with Gasteiger partial charge in [0.1, 0.15) is 5.76 Å². The van der Waals surface area contributed by atoms with E-state index in [1.165, 1.54) is 12.8 Å². The van der Waals surface area contributed by atoms with E-state index >= 15 is 0 Å². The van der Waals surface area contributed by atoms with E-state index in [4.69, 9.17) is 18.9 Å². The Bertz CT molecular complexity index is 665. The summed E-state index contributed by atoms with van der Waals surface area (Å²) in [4.78, 5) is 7.19. The Kier molecular flexibility index (Phi) is 4.65. The quantitative estimate of drug-likeness (QED) is 0.861. The van der Waals surface area contributed by atoms with Gasteiger partial charge >= 0.3 is 0 Å². The van der Waals surface area contributed by atoms with Gasteiger partial charge in [-0.3, -0.25) is 4.90 Å². The van der Waals surface area contributed by atoms with Crippen LogP contribution < -0.4 is 0 Å². The topological polar surface area (TPSA) is 47.7 Å². The summed E-state index contributed by atoms with van der Waals surface area (Å²) in [6.07, 6.45) is 3.47. The first kappa shape index (κ1) is 15.8. The molecule has 1 atom stereocenters. The zero-order valence-electron chi connectivity index (χ0n) is 14.1. The van der Waals surface area contributed by atoms with Crippen LogP contribution in [0.5, 0.6) is 0 Å². The highest BCUT2D eigenvalue weighted by Crippen LogP contribution is 2.28. The number of hydrogen-bond acceptors (Lipinski definition) is 5. The summed E-state index contributed by atoms with van der Waals surface area (Å²) in [7, 11) is 0. The van der Waals surface area contributed by atoms with Gasteiger partial charge in [0.05, 0.1) is 24.9 Å². The summed E-state index contributed by atoms with van der Waals surface area (Å²) in [5.41, 5.74) is 2.03. The van der Waals surface area contributed by atoms with Crippen molar-refractivity contribution in [3.05, 3.63) is 41.8 Å². The minimum Gasteiger partial charge on any atom is -0.441 e. The number of likely N-dealkylation sites (tertiary alicyclic amines) is 1. The number of oxazole rings is 1. The fraction of sp³-hybridized carbons (Fsp3) is 0.526. The van der Waals surface area contributed by atoms with Crippen LogP contribution in [0.4, 0.5) is 0 Å². The Morgan fingerprint density at radius 3 is 2.71 bits per heavy atom. The normalized spacial score (nSPS) is 23.0. The number of ether oxygens (including phenoxy) is 2. The predicted molar refractivity (Wildman–Crippen MR) is 90.4 cm³/mol. The van der Waals surface area contributed by atoms with Crippen LogP contribution in [0, 0.1) is 6.92 Å². The third kappa shape index (κ3) is 3.24. The summed E-state index contributed by atoms with van der Waals surface area (Å²) in [6, 6.07) is 10.4. The Morgan fingerprint density at radius 1 is 1.12 bits per heavy atom. The molecule has 0 amide bonds. The lowest BCUT2D eigenvalue weighted by atomic mass is 10.0. The maximum atomic E-state index is 5.90. The maximum Gasteiger partial charge on any atom is 0.226 e. The highest BCUT2D eigenvalue weighted by Gasteiger charge is 2.34. The third-order valence-corrected chi connectivity index (χ3v) is 4.89. The van der Waals surface area contributed by atoms with Crippen LogP contribution in [0.25, 0.3) is 11.5 Å². The molecule has 2 aliphatic heterocycles. The minimum absolute atomic E-state index is 0.0916. The van der Waals surface area contributed by atoms with Crippen LogP contribution in [-0.4, -0.2) is 42.0 Å². The Labute approximate surface area is 142 Å². The molecule has 5 heteroatoms. The second-order valence-corrected chi connectivity index (χ2v) is 6.53. The Hall–Kier alpha value is -1.69. The standard InChI is InChI=1S/C19H24N2O3/c1-14-16(20-18(24-14)15-7-3-2-4-8-15)13-21-10-6-5-9-17(21)19-22-11-12-23-19/h2-4,7-8,17,19H,5-6,9-13H2,1H3. The molecule has 0 bridgehead atoms. The largest absolute Gasteiger partial charge is 0.441 e.